The van der Waals surface area contributed by atoms with Crippen LogP contribution < -0.4 is 5.32 Å². The first-order valence-electron chi connectivity index (χ1n) is 6.98. The normalized spacial score (nSPS) is 12.1. The van der Waals surface area contributed by atoms with Crippen LogP contribution in [0.25, 0.3) is 11.1 Å². The molecule has 0 atom stereocenters. The molecule has 0 aliphatic heterocycles. The highest BCUT2D eigenvalue weighted by Crippen LogP contribution is 2.15. The minimum atomic E-state index is 0.0596. The Kier molecular flexibility index (Phi) is 3.47. The predicted octanol–water partition coefficient (Wildman–Crippen LogP) is 2.36. The SMILES string of the molecule is CC(C)(C)NCc1cn(Cc2nc3ccccc3o2)nn1. The van der Waals surface area contributed by atoms with Gasteiger partial charge in [-0.05, 0) is 32.9 Å². The lowest BCUT2D eigenvalue weighted by molar-refractivity contribution is 0.421. The Balaban J connectivity index is 1.69. The second kappa shape index (κ2) is 5.29. The molecule has 0 unspecified atom stereocenters. The Morgan fingerprint density at radius 3 is 2.81 bits per heavy atom. The number of hydrogen-bond donors (Lipinski definition) is 1. The van der Waals surface area contributed by atoms with E-state index in [-0.39, 0.29) is 5.54 Å². The Hall–Kier alpha value is -2.21. The molecule has 1 N–H and O–H groups in total. The van der Waals surface area contributed by atoms with Gasteiger partial charge in [0.25, 0.3) is 0 Å². The first kappa shape index (κ1) is 13.8. The molecule has 6 heteroatoms. The third-order valence-corrected chi connectivity index (χ3v) is 3.02. The number of hydrogen-bond acceptors (Lipinski definition) is 5. The van der Waals surface area contributed by atoms with Gasteiger partial charge in [0.15, 0.2) is 5.58 Å². The zero-order valence-corrected chi connectivity index (χ0v) is 12.5. The van der Waals surface area contributed by atoms with Crippen LogP contribution in [0, 0.1) is 0 Å². The van der Waals surface area contributed by atoms with E-state index in [4.69, 9.17) is 4.42 Å². The van der Waals surface area contributed by atoms with Crippen LogP contribution in [0.1, 0.15) is 32.4 Å². The maximum absolute atomic E-state index is 5.68. The van der Waals surface area contributed by atoms with E-state index in [1.54, 1.807) is 4.68 Å². The summed E-state index contributed by atoms with van der Waals surface area (Å²) in [6.07, 6.45) is 1.91. The van der Waals surface area contributed by atoms with Crippen LogP contribution in [0.5, 0.6) is 0 Å². The van der Waals surface area contributed by atoms with Crippen LogP contribution >= 0.6 is 0 Å². The van der Waals surface area contributed by atoms with E-state index in [9.17, 15) is 0 Å². The van der Waals surface area contributed by atoms with Crippen LogP contribution in [0.3, 0.4) is 0 Å². The van der Waals surface area contributed by atoms with Gasteiger partial charge in [-0.3, -0.25) is 0 Å². The molecule has 0 fully saturated rings. The molecule has 0 amide bonds. The quantitative estimate of drug-likeness (QED) is 0.797. The van der Waals surface area contributed by atoms with Crippen LogP contribution in [0.2, 0.25) is 0 Å². The third kappa shape index (κ3) is 3.46. The van der Waals surface area contributed by atoms with Gasteiger partial charge in [0.2, 0.25) is 5.89 Å². The van der Waals surface area contributed by atoms with Gasteiger partial charge < -0.3 is 9.73 Å². The molecule has 0 saturated carbocycles. The lowest BCUT2D eigenvalue weighted by atomic mass is 10.1. The van der Waals surface area contributed by atoms with E-state index in [1.165, 1.54) is 0 Å². The fourth-order valence-corrected chi connectivity index (χ4v) is 1.98. The summed E-state index contributed by atoms with van der Waals surface area (Å²) in [5, 5.41) is 11.6. The van der Waals surface area contributed by atoms with Gasteiger partial charge in [-0.2, -0.15) is 0 Å². The number of fused-ring (bicyclic) bond motifs is 1. The highest BCUT2D eigenvalue weighted by Gasteiger charge is 2.11. The molecule has 0 saturated heterocycles. The predicted molar refractivity (Wildman–Crippen MR) is 79.7 cm³/mol. The summed E-state index contributed by atoms with van der Waals surface area (Å²) in [6.45, 7) is 7.54. The fraction of sp³-hybridized carbons (Fsp3) is 0.400. The monoisotopic (exact) mass is 285 g/mol. The Morgan fingerprint density at radius 2 is 2.05 bits per heavy atom. The van der Waals surface area contributed by atoms with Crippen LogP contribution in [-0.2, 0) is 13.1 Å². The second-order valence-corrected chi connectivity index (χ2v) is 6.09. The van der Waals surface area contributed by atoms with Crippen molar-refractivity contribution in [2.45, 2.75) is 39.4 Å². The minimum Gasteiger partial charge on any atom is -0.439 e. The molecule has 0 aliphatic carbocycles. The Labute approximate surface area is 123 Å². The van der Waals surface area contributed by atoms with Gasteiger partial charge in [-0.15, -0.1) is 5.10 Å². The van der Waals surface area contributed by atoms with E-state index >= 15 is 0 Å². The van der Waals surface area contributed by atoms with Crippen molar-refractivity contribution in [3.63, 3.8) is 0 Å². The summed E-state index contributed by atoms with van der Waals surface area (Å²) in [6, 6.07) is 7.72. The number of aromatic nitrogens is 4. The topological polar surface area (TPSA) is 68.8 Å². The fourth-order valence-electron chi connectivity index (χ4n) is 1.98. The van der Waals surface area contributed by atoms with Gasteiger partial charge in [0.1, 0.15) is 12.1 Å². The number of oxazole rings is 1. The van der Waals surface area contributed by atoms with E-state index in [1.807, 2.05) is 30.5 Å². The number of para-hydroxylation sites is 2. The zero-order valence-electron chi connectivity index (χ0n) is 12.5. The molecule has 0 bridgehead atoms. The smallest absolute Gasteiger partial charge is 0.217 e. The van der Waals surface area contributed by atoms with E-state index in [0.29, 0.717) is 19.0 Å². The zero-order chi connectivity index (χ0) is 14.9. The van der Waals surface area contributed by atoms with E-state index < -0.39 is 0 Å². The first-order chi connectivity index (χ1) is 9.99. The summed E-state index contributed by atoms with van der Waals surface area (Å²) in [5.74, 6) is 0.636. The maximum atomic E-state index is 5.68. The van der Waals surface area contributed by atoms with Crippen molar-refractivity contribution in [1.82, 2.24) is 25.3 Å². The molecule has 0 radical (unpaired) electrons. The summed E-state index contributed by atoms with van der Waals surface area (Å²) in [7, 11) is 0. The molecule has 110 valence electrons. The van der Waals surface area contributed by atoms with Crippen LogP contribution in [0.15, 0.2) is 34.9 Å². The number of rotatable bonds is 4. The molecule has 0 spiro atoms. The summed E-state index contributed by atoms with van der Waals surface area (Å²) in [5.41, 5.74) is 2.62. The van der Waals surface area contributed by atoms with E-state index in [2.05, 4.69) is 41.4 Å². The van der Waals surface area contributed by atoms with Gasteiger partial charge >= 0.3 is 0 Å². The molecule has 6 nitrogen and oxygen atoms in total. The average molecular weight is 285 g/mol. The third-order valence-electron chi connectivity index (χ3n) is 3.02. The Bertz CT molecular complexity index is 705. The number of nitrogens with one attached hydrogen (secondary N) is 1. The molecule has 21 heavy (non-hydrogen) atoms. The lowest BCUT2D eigenvalue weighted by Gasteiger charge is -2.19. The van der Waals surface area contributed by atoms with Crippen molar-refractivity contribution in [3.05, 3.63) is 42.0 Å². The molecule has 3 rings (SSSR count). The maximum Gasteiger partial charge on any atom is 0.217 e. The highest BCUT2D eigenvalue weighted by molar-refractivity contribution is 5.72. The van der Waals surface area contributed by atoms with Crippen molar-refractivity contribution in [2.24, 2.45) is 0 Å². The van der Waals surface area contributed by atoms with Crippen molar-refractivity contribution < 1.29 is 4.42 Å². The number of nitrogens with zero attached hydrogens (tertiary/aromatic N) is 4. The van der Waals surface area contributed by atoms with Crippen molar-refractivity contribution in [1.29, 1.82) is 0 Å². The molecule has 1 aromatic carbocycles. The van der Waals surface area contributed by atoms with Gasteiger partial charge in [-0.1, -0.05) is 17.3 Å². The first-order valence-corrected chi connectivity index (χ1v) is 6.98. The van der Waals surface area contributed by atoms with Gasteiger partial charge in [-0.25, -0.2) is 9.67 Å². The number of benzene rings is 1. The lowest BCUT2D eigenvalue weighted by Crippen LogP contribution is -2.35. The van der Waals surface area contributed by atoms with Crippen molar-refractivity contribution in [2.75, 3.05) is 0 Å². The van der Waals surface area contributed by atoms with E-state index in [0.717, 1.165) is 16.8 Å². The second-order valence-electron chi connectivity index (χ2n) is 6.09. The van der Waals surface area contributed by atoms with Crippen LogP contribution in [0.4, 0.5) is 0 Å². The molecule has 2 aromatic heterocycles. The standard InChI is InChI=1S/C15H19N5O/c1-15(2,3)16-8-11-9-20(19-18-11)10-14-17-12-6-4-5-7-13(12)21-14/h4-7,9,16H,8,10H2,1-3H3. The average Bonchev–Trinajstić information content (AvgIpc) is 3.01. The summed E-state index contributed by atoms with van der Waals surface area (Å²) < 4.78 is 7.42. The van der Waals surface area contributed by atoms with Gasteiger partial charge in [0.05, 0.1) is 11.9 Å². The molecular formula is C15H19N5O. The molecule has 0 aliphatic rings. The van der Waals surface area contributed by atoms with Crippen molar-refractivity contribution in [3.8, 4) is 0 Å². The highest BCUT2D eigenvalue weighted by atomic mass is 16.3. The molecule has 3 aromatic rings. The largest absolute Gasteiger partial charge is 0.439 e. The summed E-state index contributed by atoms with van der Waals surface area (Å²) in [4.78, 5) is 4.43. The minimum absolute atomic E-state index is 0.0596. The summed E-state index contributed by atoms with van der Waals surface area (Å²) >= 11 is 0. The molecular weight excluding hydrogens is 266 g/mol. The van der Waals surface area contributed by atoms with Crippen molar-refractivity contribution >= 4 is 11.1 Å². The molecule has 2 heterocycles. The van der Waals surface area contributed by atoms with Gasteiger partial charge in [0, 0.05) is 12.1 Å². The van der Waals surface area contributed by atoms with Crippen LogP contribution in [-0.4, -0.2) is 25.5 Å². The Morgan fingerprint density at radius 1 is 1.24 bits per heavy atom.